The van der Waals surface area contributed by atoms with Crippen molar-refractivity contribution in [2.24, 2.45) is 11.7 Å². The first-order valence-electron chi connectivity index (χ1n) is 6.07. The van der Waals surface area contributed by atoms with Crippen molar-refractivity contribution in [2.75, 3.05) is 11.5 Å². The molecule has 0 aromatic carbocycles. The average molecular weight is 238 g/mol. The summed E-state index contributed by atoms with van der Waals surface area (Å²) in [5, 5.41) is 4.58. The normalized spacial score (nSPS) is 29.3. The lowest BCUT2D eigenvalue weighted by Crippen LogP contribution is -2.32. The summed E-state index contributed by atoms with van der Waals surface area (Å²) in [5.74, 6) is 5.56. The fourth-order valence-corrected chi connectivity index (χ4v) is 3.76. The highest BCUT2D eigenvalue weighted by Gasteiger charge is 2.22. The molecule has 88 valence electrons. The van der Waals surface area contributed by atoms with Crippen molar-refractivity contribution in [3.8, 4) is 0 Å². The first-order chi connectivity index (χ1) is 7.81. The maximum atomic E-state index is 5.93. The highest BCUT2D eigenvalue weighted by atomic mass is 32.2. The predicted molar refractivity (Wildman–Crippen MR) is 65.5 cm³/mol. The average Bonchev–Trinajstić information content (AvgIpc) is 2.86. The second-order valence-corrected chi connectivity index (χ2v) is 6.01. The molecule has 0 amide bonds. The van der Waals surface area contributed by atoms with Crippen LogP contribution in [0.1, 0.15) is 24.5 Å². The third kappa shape index (κ3) is 2.11. The molecule has 1 aromatic rings. The van der Waals surface area contributed by atoms with E-state index in [1.807, 2.05) is 4.68 Å². The minimum atomic E-state index is 0.268. The molecule has 5 heteroatoms. The number of aryl methyl sites for hydroxylation is 1. The van der Waals surface area contributed by atoms with Crippen molar-refractivity contribution in [2.45, 2.75) is 38.3 Å². The van der Waals surface area contributed by atoms with Gasteiger partial charge in [-0.3, -0.25) is 0 Å². The van der Waals surface area contributed by atoms with Gasteiger partial charge in [0.2, 0.25) is 0 Å². The Morgan fingerprint density at radius 2 is 2.38 bits per heavy atom. The van der Waals surface area contributed by atoms with Gasteiger partial charge in [0, 0.05) is 18.9 Å². The Morgan fingerprint density at radius 1 is 1.44 bits per heavy atom. The Hall–Kier alpha value is -0.550. The van der Waals surface area contributed by atoms with Crippen LogP contribution in [-0.2, 0) is 19.4 Å². The zero-order valence-electron chi connectivity index (χ0n) is 9.43. The first-order valence-corrected chi connectivity index (χ1v) is 7.22. The fraction of sp³-hybridized carbons (Fsp3) is 0.818. The zero-order chi connectivity index (χ0) is 11.0. The lowest BCUT2D eigenvalue weighted by Gasteiger charge is -2.17. The van der Waals surface area contributed by atoms with Gasteiger partial charge < -0.3 is 5.73 Å². The van der Waals surface area contributed by atoms with E-state index >= 15 is 0 Å². The van der Waals surface area contributed by atoms with Crippen molar-refractivity contribution in [3.05, 3.63) is 11.6 Å². The quantitative estimate of drug-likeness (QED) is 0.830. The standard InChI is InChI=1S/C11H18N4S/c12-9-1-2-11-13-10(14-15(11)6-9)5-8-3-4-16-7-8/h8-9H,1-7,12H2. The van der Waals surface area contributed by atoms with Gasteiger partial charge in [-0.2, -0.15) is 16.9 Å². The number of hydrogen-bond donors (Lipinski definition) is 1. The molecule has 2 unspecified atom stereocenters. The van der Waals surface area contributed by atoms with E-state index in [0.29, 0.717) is 0 Å². The molecule has 2 atom stereocenters. The van der Waals surface area contributed by atoms with Gasteiger partial charge in [-0.15, -0.1) is 0 Å². The molecule has 16 heavy (non-hydrogen) atoms. The lowest BCUT2D eigenvalue weighted by molar-refractivity contribution is 0.420. The van der Waals surface area contributed by atoms with Crippen LogP contribution in [0.5, 0.6) is 0 Å². The summed E-state index contributed by atoms with van der Waals surface area (Å²) in [6.45, 7) is 0.849. The second-order valence-electron chi connectivity index (χ2n) is 4.86. The number of nitrogens with two attached hydrogens (primary N) is 1. The van der Waals surface area contributed by atoms with Crippen LogP contribution in [-0.4, -0.2) is 32.3 Å². The van der Waals surface area contributed by atoms with E-state index in [-0.39, 0.29) is 6.04 Å². The molecule has 0 saturated carbocycles. The van der Waals surface area contributed by atoms with E-state index < -0.39 is 0 Å². The zero-order valence-corrected chi connectivity index (χ0v) is 10.2. The summed E-state index contributed by atoms with van der Waals surface area (Å²) < 4.78 is 2.02. The minimum Gasteiger partial charge on any atom is -0.326 e. The van der Waals surface area contributed by atoms with Crippen LogP contribution in [0.2, 0.25) is 0 Å². The Morgan fingerprint density at radius 3 is 3.19 bits per heavy atom. The molecule has 4 nitrogen and oxygen atoms in total. The molecule has 0 radical (unpaired) electrons. The summed E-state index contributed by atoms with van der Waals surface area (Å²) in [6.07, 6.45) is 4.43. The van der Waals surface area contributed by atoms with Crippen LogP contribution in [0.25, 0.3) is 0 Å². The molecule has 0 spiro atoms. The van der Waals surface area contributed by atoms with Gasteiger partial charge >= 0.3 is 0 Å². The number of aromatic nitrogens is 3. The van der Waals surface area contributed by atoms with Crippen LogP contribution >= 0.6 is 11.8 Å². The second kappa shape index (κ2) is 4.37. The van der Waals surface area contributed by atoms with Crippen LogP contribution in [0.4, 0.5) is 0 Å². The van der Waals surface area contributed by atoms with E-state index in [9.17, 15) is 0 Å². The van der Waals surface area contributed by atoms with Gasteiger partial charge in [0.05, 0.1) is 6.54 Å². The summed E-state index contributed by atoms with van der Waals surface area (Å²) in [6, 6.07) is 0.268. The fourth-order valence-electron chi connectivity index (χ4n) is 2.47. The largest absolute Gasteiger partial charge is 0.326 e. The maximum absolute atomic E-state index is 5.93. The molecular weight excluding hydrogens is 220 g/mol. The Labute approximate surface area is 100.0 Å². The molecule has 2 aliphatic heterocycles. The third-order valence-corrected chi connectivity index (χ3v) is 4.67. The molecule has 3 rings (SSSR count). The van der Waals surface area contributed by atoms with Gasteiger partial charge in [-0.05, 0) is 30.3 Å². The highest BCUT2D eigenvalue weighted by molar-refractivity contribution is 7.99. The Kier molecular flexibility index (Phi) is 2.90. The van der Waals surface area contributed by atoms with Crippen molar-refractivity contribution in [1.82, 2.24) is 14.8 Å². The Balaban J connectivity index is 1.71. The molecule has 1 fully saturated rings. The van der Waals surface area contributed by atoms with Gasteiger partial charge in [-0.25, -0.2) is 9.67 Å². The minimum absolute atomic E-state index is 0.268. The number of rotatable bonds is 2. The van der Waals surface area contributed by atoms with E-state index in [4.69, 9.17) is 5.73 Å². The molecule has 3 heterocycles. The number of nitrogens with zero attached hydrogens (tertiary/aromatic N) is 3. The predicted octanol–water partition coefficient (Wildman–Crippen LogP) is 0.847. The van der Waals surface area contributed by atoms with E-state index in [0.717, 1.165) is 43.4 Å². The SMILES string of the molecule is NC1CCc2nc(CC3CCSC3)nn2C1. The van der Waals surface area contributed by atoms with Gasteiger partial charge in [-0.1, -0.05) is 0 Å². The van der Waals surface area contributed by atoms with Crippen LogP contribution in [0, 0.1) is 5.92 Å². The van der Waals surface area contributed by atoms with Crippen LogP contribution in [0.15, 0.2) is 0 Å². The van der Waals surface area contributed by atoms with Crippen molar-refractivity contribution < 1.29 is 0 Å². The summed E-state index contributed by atoms with van der Waals surface area (Å²) >= 11 is 2.05. The van der Waals surface area contributed by atoms with Crippen molar-refractivity contribution in [1.29, 1.82) is 0 Å². The number of fused-ring (bicyclic) bond motifs is 1. The van der Waals surface area contributed by atoms with Crippen molar-refractivity contribution >= 4 is 11.8 Å². The summed E-state index contributed by atoms with van der Waals surface area (Å²) in [4.78, 5) is 4.64. The van der Waals surface area contributed by atoms with E-state index in [2.05, 4.69) is 21.8 Å². The van der Waals surface area contributed by atoms with E-state index in [1.165, 1.54) is 17.9 Å². The Bertz CT molecular complexity index is 370. The van der Waals surface area contributed by atoms with Gasteiger partial charge in [0.25, 0.3) is 0 Å². The van der Waals surface area contributed by atoms with Crippen LogP contribution < -0.4 is 5.73 Å². The van der Waals surface area contributed by atoms with Gasteiger partial charge in [0.1, 0.15) is 5.82 Å². The number of thioether (sulfide) groups is 1. The molecular formula is C11H18N4S. The smallest absolute Gasteiger partial charge is 0.151 e. The highest BCUT2D eigenvalue weighted by Crippen LogP contribution is 2.26. The maximum Gasteiger partial charge on any atom is 0.151 e. The molecule has 2 N–H and O–H groups in total. The summed E-state index contributed by atoms with van der Waals surface area (Å²) in [7, 11) is 0. The molecule has 1 saturated heterocycles. The molecule has 1 aromatic heterocycles. The molecule has 0 bridgehead atoms. The molecule has 0 aliphatic carbocycles. The van der Waals surface area contributed by atoms with Crippen molar-refractivity contribution in [3.63, 3.8) is 0 Å². The summed E-state index contributed by atoms with van der Waals surface area (Å²) in [5.41, 5.74) is 5.93. The van der Waals surface area contributed by atoms with Crippen LogP contribution in [0.3, 0.4) is 0 Å². The monoisotopic (exact) mass is 238 g/mol. The molecule has 2 aliphatic rings. The van der Waals surface area contributed by atoms with E-state index in [1.54, 1.807) is 0 Å². The topological polar surface area (TPSA) is 56.7 Å². The third-order valence-electron chi connectivity index (χ3n) is 3.43. The first kappa shape index (κ1) is 10.6. The van der Waals surface area contributed by atoms with Gasteiger partial charge in [0.15, 0.2) is 5.82 Å². The lowest BCUT2D eigenvalue weighted by atomic mass is 10.1. The number of hydrogen-bond acceptors (Lipinski definition) is 4.